The predicted molar refractivity (Wildman–Crippen MR) is 66.2 cm³/mol. The maximum atomic E-state index is 8.92. The van der Waals surface area contributed by atoms with Gasteiger partial charge in [0, 0.05) is 10.9 Å². The minimum atomic E-state index is 0.649. The van der Waals surface area contributed by atoms with Crippen molar-refractivity contribution in [3.63, 3.8) is 0 Å². The van der Waals surface area contributed by atoms with Gasteiger partial charge in [-0.05, 0) is 18.2 Å². The van der Waals surface area contributed by atoms with Gasteiger partial charge in [-0.15, -0.1) is 0 Å². The molecule has 0 bridgehead atoms. The summed E-state index contributed by atoms with van der Waals surface area (Å²) in [5, 5.41) is 17.2. The van der Waals surface area contributed by atoms with Crippen molar-refractivity contribution in [2.24, 2.45) is 0 Å². The van der Waals surface area contributed by atoms with Gasteiger partial charge in [-0.2, -0.15) is 10.4 Å². The largest absolute Gasteiger partial charge is 0.277 e. The summed E-state index contributed by atoms with van der Waals surface area (Å²) in [5.41, 5.74) is 3.53. The highest BCUT2D eigenvalue weighted by Crippen LogP contribution is 2.26. The molecule has 0 aliphatic carbocycles. The van der Waals surface area contributed by atoms with E-state index in [1.165, 1.54) is 0 Å². The molecule has 17 heavy (non-hydrogen) atoms. The molecule has 2 aromatic carbocycles. The van der Waals surface area contributed by atoms with E-state index in [0.717, 1.165) is 22.2 Å². The number of H-pyrrole nitrogens is 1. The first-order valence-corrected chi connectivity index (χ1v) is 5.32. The maximum absolute atomic E-state index is 8.92. The van der Waals surface area contributed by atoms with E-state index in [0.29, 0.717) is 5.56 Å². The molecular weight excluding hydrogens is 210 g/mol. The van der Waals surface area contributed by atoms with Crippen LogP contribution in [0.4, 0.5) is 0 Å². The fraction of sp³-hybridized carbons (Fsp3) is 0. The normalized spacial score (nSPS) is 10.3. The van der Waals surface area contributed by atoms with Crippen LogP contribution in [0.25, 0.3) is 22.2 Å². The molecular formula is C14H9N3. The number of fused-ring (bicyclic) bond motifs is 1. The fourth-order valence-electron chi connectivity index (χ4n) is 1.90. The second-order valence-corrected chi connectivity index (χ2v) is 3.81. The van der Waals surface area contributed by atoms with Gasteiger partial charge in [0.05, 0.1) is 22.8 Å². The van der Waals surface area contributed by atoms with Crippen LogP contribution in [0.15, 0.2) is 48.5 Å². The van der Waals surface area contributed by atoms with Gasteiger partial charge in [-0.25, -0.2) is 0 Å². The lowest BCUT2D eigenvalue weighted by Crippen LogP contribution is -1.78. The van der Waals surface area contributed by atoms with Crippen molar-refractivity contribution in [3.05, 3.63) is 54.1 Å². The molecule has 3 rings (SSSR count). The highest BCUT2D eigenvalue weighted by molar-refractivity contribution is 5.93. The van der Waals surface area contributed by atoms with Gasteiger partial charge in [0.25, 0.3) is 0 Å². The number of rotatable bonds is 1. The zero-order chi connectivity index (χ0) is 11.7. The summed E-state index contributed by atoms with van der Waals surface area (Å²) in [4.78, 5) is 0. The van der Waals surface area contributed by atoms with Crippen molar-refractivity contribution in [2.45, 2.75) is 0 Å². The fourth-order valence-corrected chi connectivity index (χ4v) is 1.90. The summed E-state index contributed by atoms with van der Waals surface area (Å²) in [6, 6.07) is 17.6. The Balaban J connectivity index is 2.28. The molecule has 1 heterocycles. The predicted octanol–water partition coefficient (Wildman–Crippen LogP) is 3.10. The number of nitrogens with one attached hydrogen (secondary N) is 1. The Labute approximate surface area is 98.3 Å². The summed E-state index contributed by atoms with van der Waals surface area (Å²) in [5.74, 6) is 0. The van der Waals surface area contributed by atoms with Crippen molar-refractivity contribution < 1.29 is 0 Å². The molecule has 3 heteroatoms. The van der Waals surface area contributed by atoms with E-state index in [1.54, 1.807) is 6.07 Å². The highest BCUT2D eigenvalue weighted by Gasteiger charge is 2.07. The van der Waals surface area contributed by atoms with E-state index >= 15 is 0 Å². The molecule has 3 nitrogen and oxygen atoms in total. The maximum Gasteiger partial charge on any atom is 0.0999 e. The molecule has 0 atom stereocenters. The molecule has 0 amide bonds. The van der Waals surface area contributed by atoms with Crippen LogP contribution in [0.3, 0.4) is 0 Å². The van der Waals surface area contributed by atoms with Crippen LogP contribution in [-0.4, -0.2) is 10.2 Å². The first-order valence-electron chi connectivity index (χ1n) is 5.32. The Morgan fingerprint density at radius 3 is 2.65 bits per heavy atom. The summed E-state index contributed by atoms with van der Waals surface area (Å²) < 4.78 is 0. The van der Waals surface area contributed by atoms with Gasteiger partial charge in [-0.1, -0.05) is 30.3 Å². The quantitative estimate of drug-likeness (QED) is 0.683. The van der Waals surface area contributed by atoms with Crippen LogP contribution in [0.5, 0.6) is 0 Å². The Kier molecular flexibility index (Phi) is 2.13. The van der Waals surface area contributed by atoms with Gasteiger partial charge in [0.2, 0.25) is 0 Å². The smallest absolute Gasteiger partial charge is 0.0999 e. The van der Waals surface area contributed by atoms with Crippen molar-refractivity contribution in [2.75, 3.05) is 0 Å². The van der Waals surface area contributed by atoms with Gasteiger partial charge in [0.1, 0.15) is 0 Å². The Morgan fingerprint density at radius 1 is 1.06 bits per heavy atom. The van der Waals surface area contributed by atoms with Crippen LogP contribution in [0.2, 0.25) is 0 Å². The number of benzene rings is 2. The number of aromatic amines is 1. The van der Waals surface area contributed by atoms with E-state index in [-0.39, 0.29) is 0 Å². The van der Waals surface area contributed by atoms with E-state index in [4.69, 9.17) is 5.26 Å². The topological polar surface area (TPSA) is 52.5 Å². The molecule has 0 fully saturated rings. The molecule has 1 aromatic heterocycles. The summed E-state index contributed by atoms with van der Waals surface area (Å²) in [6.07, 6.45) is 0. The first kappa shape index (κ1) is 9.61. The first-order chi connectivity index (χ1) is 8.38. The number of nitriles is 1. The number of aromatic nitrogens is 2. The summed E-state index contributed by atoms with van der Waals surface area (Å²) >= 11 is 0. The lowest BCUT2D eigenvalue weighted by molar-refractivity contribution is 1.12. The second kappa shape index (κ2) is 3.76. The third kappa shape index (κ3) is 1.56. The lowest BCUT2D eigenvalue weighted by Gasteiger charge is -1.97. The Morgan fingerprint density at radius 2 is 1.88 bits per heavy atom. The average molecular weight is 219 g/mol. The highest BCUT2D eigenvalue weighted by atomic mass is 15.1. The van der Waals surface area contributed by atoms with Crippen molar-refractivity contribution in [1.29, 1.82) is 5.26 Å². The third-order valence-corrected chi connectivity index (χ3v) is 2.74. The zero-order valence-corrected chi connectivity index (χ0v) is 9.01. The van der Waals surface area contributed by atoms with E-state index in [2.05, 4.69) is 16.3 Å². The van der Waals surface area contributed by atoms with Crippen LogP contribution in [-0.2, 0) is 0 Å². The molecule has 0 spiro atoms. The van der Waals surface area contributed by atoms with Crippen LogP contribution < -0.4 is 0 Å². The zero-order valence-electron chi connectivity index (χ0n) is 9.01. The molecule has 0 saturated carbocycles. The molecule has 0 saturated heterocycles. The minimum Gasteiger partial charge on any atom is -0.277 e. The number of hydrogen-bond donors (Lipinski definition) is 1. The van der Waals surface area contributed by atoms with Gasteiger partial charge >= 0.3 is 0 Å². The van der Waals surface area contributed by atoms with E-state index < -0.39 is 0 Å². The average Bonchev–Trinajstić information content (AvgIpc) is 2.82. The van der Waals surface area contributed by atoms with Gasteiger partial charge in [-0.3, -0.25) is 5.10 Å². The number of hydrogen-bond acceptors (Lipinski definition) is 2. The van der Waals surface area contributed by atoms with Crippen molar-refractivity contribution in [3.8, 4) is 17.3 Å². The Hall–Kier alpha value is -2.60. The molecule has 0 aliphatic heterocycles. The summed E-state index contributed by atoms with van der Waals surface area (Å²) in [7, 11) is 0. The minimum absolute atomic E-state index is 0.649. The number of nitrogens with zero attached hydrogens (tertiary/aromatic N) is 2. The van der Waals surface area contributed by atoms with Crippen LogP contribution >= 0.6 is 0 Å². The monoisotopic (exact) mass is 219 g/mol. The standard InChI is InChI=1S/C14H9N3/c15-9-10-6-7-13-12(8-10)14(17-16-13)11-4-2-1-3-5-11/h1-8H,(H,16,17). The summed E-state index contributed by atoms with van der Waals surface area (Å²) in [6.45, 7) is 0. The van der Waals surface area contributed by atoms with Crippen LogP contribution in [0.1, 0.15) is 5.56 Å². The lowest BCUT2D eigenvalue weighted by atomic mass is 10.1. The Bertz CT molecular complexity index is 705. The van der Waals surface area contributed by atoms with Gasteiger partial charge in [0.15, 0.2) is 0 Å². The van der Waals surface area contributed by atoms with Crippen molar-refractivity contribution >= 4 is 10.9 Å². The van der Waals surface area contributed by atoms with Crippen molar-refractivity contribution in [1.82, 2.24) is 10.2 Å². The molecule has 3 aromatic rings. The third-order valence-electron chi connectivity index (χ3n) is 2.74. The molecule has 0 aliphatic rings. The van der Waals surface area contributed by atoms with E-state index in [1.807, 2.05) is 42.5 Å². The molecule has 80 valence electrons. The SMILES string of the molecule is N#Cc1ccc2[nH]nc(-c3ccccc3)c2c1. The molecule has 1 N–H and O–H groups in total. The second-order valence-electron chi connectivity index (χ2n) is 3.81. The van der Waals surface area contributed by atoms with Gasteiger partial charge < -0.3 is 0 Å². The van der Waals surface area contributed by atoms with Crippen LogP contribution in [0, 0.1) is 11.3 Å². The van der Waals surface area contributed by atoms with E-state index in [9.17, 15) is 0 Å². The molecule has 0 radical (unpaired) electrons. The molecule has 0 unspecified atom stereocenters.